The van der Waals surface area contributed by atoms with Crippen molar-refractivity contribution < 1.29 is 19.4 Å². The van der Waals surface area contributed by atoms with Crippen molar-refractivity contribution in [1.82, 2.24) is 15.6 Å². The van der Waals surface area contributed by atoms with Crippen LogP contribution in [0.15, 0.2) is 60.8 Å². The average Bonchev–Trinajstić information content (AvgIpc) is 3.33. The third kappa shape index (κ3) is 9.70. The van der Waals surface area contributed by atoms with Crippen LogP contribution in [-0.2, 0) is 22.4 Å². The minimum atomic E-state index is -1.46. The number of benzene rings is 2. The van der Waals surface area contributed by atoms with Gasteiger partial charge in [0.1, 0.15) is 0 Å². The summed E-state index contributed by atoms with van der Waals surface area (Å²) in [7, 11) is 0. The van der Waals surface area contributed by atoms with Crippen molar-refractivity contribution in [1.29, 1.82) is 0 Å². The average molecular weight is 550 g/mol. The summed E-state index contributed by atoms with van der Waals surface area (Å²) in [5.74, 6) is -0.383. The maximum absolute atomic E-state index is 13.8. The third-order valence-electron chi connectivity index (χ3n) is 7.49. The second-order valence-corrected chi connectivity index (χ2v) is 11.1. The zero-order valence-corrected chi connectivity index (χ0v) is 24.4. The number of hydrogen-bond acceptors (Lipinski definition) is 4. The summed E-state index contributed by atoms with van der Waals surface area (Å²) in [6, 6.07) is 17.4. The smallest absolute Gasteiger partial charge is 0.408 e. The molecule has 0 aliphatic heterocycles. The Morgan fingerprint density at radius 3 is 2.40 bits per heavy atom. The minimum absolute atomic E-state index is 0.0562. The summed E-state index contributed by atoms with van der Waals surface area (Å²) >= 11 is 0. The topological polar surface area (TPSA) is 103 Å². The molecule has 7 nitrogen and oxygen atoms in total. The van der Waals surface area contributed by atoms with Crippen molar-refractivity contribution in [2.75, 3.05) is 6.61 Å². The SMILES string of the molecule is CCCCCCCCC(C)NC(=O)OC(C)(Cc1c[nH]c2ccccc12)C(=O)NC(CCO)Cc1ccccc1. The lowest BCUT2D eigenvalue weighted by Crippen LogP contribution is -2.54. The van der Waals surface area contributed by atoms with Crippen molar-refractivity contribution in [2.24, 2.45) is 0 Å². The normalized spacial score (nSPS) is 14.3. The molecule has 2 aromatic carbocycles. The molecule has 0 saturated heterocycles. The maximum Gasteiger partial charge on any atom is 0.408 e. The number of carbonyl (C=O) groups is 2. The van der Waals surface area contributed by atoms with Gasteiger partial charge in [0.05, 0.1) is 0 Å². The van der Waals surface area contributed by atoms with E-state index in [-0.39, 0.29) is 31.0 Å². The van der Waals surface area contributed by atoms with Crippen LogP contribution in [0, 0.1) is 0 Å². The Kier molecular flexibility index (Phi) is 12.5. The molecule has 0 saturated carbocycles. The number of hydrogen-bond donors (Lipinski definition) is 4. The van der Waals surface area contributed by atoms with Gasteiger partial charge in [0.2, 0.25) is 0 Å². The van der Waals surface area contributed by atoms with Crippen LogP contribution in [0.2, 0.25) is 0 Å². The molecule has 7 heteroatoms. The van der Waals surface area contributed by atoms with Gasteiger partial charge in [-0.05, 0) is 50.3 Å². The lowest BCUT2D eigenvalue weighted by atomic mass is 9.93. The first-order valence-electron chi connectivity index (χ1n) is 14.8. The number of unbranched alkanes of at least 4 members (excludes halogenated alkanes) is 5. The van der Waals surface area contributed by atoms with Crippen molar-refractivity contribution in [3.05, 3.63) is 71.9 Å². The van der Waals surface area contributed by atoms with E-state index < -0.39 is 11.7 Å². The Morgan fingerprint density at radius 2 is 1.65 bits per heavy atom. The van der Waals surface area contributed by atoms with E-state index >= 15 is 0 Å². The van der Waals surface area contributed by atoms with Crippen LogP contribution in [0.1, 0.15) is 83.3 Å². The predicted molar refractivity (Wildman–Crippen MR) is 161 cm³/mol. The molecule has 0 aliphatic carbocycles. The van der Waals surface area contributed by atoms with Crippen LogP contribution in [0.3, 0.4) is 0 Å². The molecule has 3 unspecified atom stereocenters. The number of rotatable bonds is 17. The second kappa shape index (κ2) is 16.1. The molecular formula is C33H47N3O4. The Morgan fingerprint density at radius 1 is 0.950 bits per heavy atom. The lowest BCUT2D eigenvalue weighted by Gasteiger charge is -2.31. The van der Waals surface area contributed by atoms with Crippen LogP contribution >= 0.6 is 0 Å². The summed E-state index contributed by atoms with van der Waals surface area (Å²) in [4.78, 5) is 30.1. The summed E-state index contributed by atoms with van der Waals surface area (Å²) in [5.41, 5.74) is 1.45. The molecule has 1 heterocycles. The predicted octanol–water partition coefficient (Wildman–Crippen LogP) is 6.44. The van der Waals surface area contributed by atoms with Gasteiger partial charge in [0, 0.05) is 42.2 Å². The number of aromatic nitrogens is 1. The van der Waals surface area contributed by atoms with Crippen LogP contribution in [0.5, 0.6) is 0 Å². The molecule has 2 amide bonds. The highest BCUT2D eigenvalue weighted by atomic mass is 16.6. The number of aromatic amines is 1. The second-order valence-electron chi connectivity index (χ2n) is 11.1. The molecule has 3 aromatic rings. The van der Waals surface area contributed by atoms with Crippen LogP contribution in [0.25, 0.3) is 10.9 Å². The minimum Gasteiger partial charge on any atom is -0.433 e. The monoisotopic (exact) mass is 549 g/mol. The van der Waals surface area contributed by atoms with Gasteiger partial charge in [0.15, 0.2) is 5.60 Å². The highest BCUT2D eigenvalue weighted by molar-refractivity contribution is 5.90. The first-order chi connectivity index (χ1) is 19.3. The zero-order valence-electron chi connectivity index (χ0n) is 24.4. The maximum atomic E-state index is 13.8. The first kappa shape index (κ1) is 31.2. The number of para-hydroxylation sites is 1. The van der Waals surface area contributed by atoms with E-state index in [9.17, 15) is 14.7 Å². The molecule has 0 radical (unpaired) electrons. The van der Waals surface area contributed by atoms with E-state index in [0.29, 0.717) is 12.8 Å². The summed E-state index contributed by atoms with van der Waals surface area (Å²) < 4.78 is 5.94. The Balaban J connectivity index is 1.71. The molecule has 0 aliphatic rings. The van der Waals surface area contributed by atoms with E-state index in [2.05, 4.69) is 22.5 Å². The highest BCUT2D eigenvalue weighted by Gasteiger charge is 2.39. The lowest BCUT2D eigenvalue weighted by molar-refractivity contribution is -0.139. The molecule has 0 fully saturated rings. The quantitative estimate of drug-likeness (QED) is 0.145. The van der Waals surface area contributed by atoms with Crippen molar-refractivity contribution in [2.45, 2.75) is 103 Å². The van der Waals surface area contributed by atoms with Crippen LogP contribution in [0.4, 0.5) is 4.79 Å². The number of amides is 2. The van der Waals surface area contributed by atoms with E-state index in [1.54, 1.807) is 6.92 Å². The molecule has 0 bridgehead atoms. The molecule has 0 spiro atoms. The molecule has 4 N–H and O–H groups in total. The van der Waals surface area contributed by atoms with Crippen LogP contribution in [-0.4, -0.2) is 46.4 Å². The fraction of sp³-hybridized carbons (Fsp3) is 0.515. The van der Waals surface area contributed by atoms with Crippen LogP contribution < -0.4 is 10.6 Å². The van der Waals surface area contributed by atoms with Gasteiger partial charge in [-0.2, -0.15) is 0 Å². The number of aliphatic hydroxyl groups excluding tert-OH is 1. The Hall–Kier alpha value is -3.32. The molecule has 218 valence electrons. The Bertz CT molecular complexity index is 1180. The standard InChI is InChI=1S/C33H47N3O4/c1-4-5-6-7-8-10-15-25(2)35-32(39)40-33(3,23-27-24-34-30-19-14-13-18-29(27)30)31(38)36-28(20-21-37)22-26-16-11-9-12-17-26/h9,11-14,16-19,24-25,28,34,37H,4-8,10,15,20-23H2,1-3H3,(H,35,39)(H,36,38). The number of ether oxygens (including phenoxy) is 1. The van der Waals surface area contributed by atoms with Gasteiger partial charge < -0.3 is 25.5 Å². The van der Waals surface area contributed by atoms with E-state index in [4.69, 9.17) is 4.74 Å². The fourth-order valence-electron chi connectivity index (χ4n) is 5.16. The van der Waals surface area contributed by atoms with Gasteiger partial charge in [-0.1, -0.05) is 94.0 Å². The van der Waals surface area contributed by atoms with Gasteiger partial charge in [-0.25, -0.2) is 4.79 Å². The number of carbonyl (C=O) groups excluding carboxylic acids is 2. The largest absolute Gasteiger partial charge is 0.433 e. The molecule has 40 heavy (non-hydrogen) atoms. The van der Waals surface area contributed by atoms with E-state index in [1.165, 1.54) is 25.7 Å². The number of aliphatic hydroxyl groups is 1. The molecule has 3 atom stereocenters. The number of H-pyrrole nitrogens is 1. The summed E-state index contributed by atoms with van der Waals surface area (Å²) in [6.45, 7) is 5.79. The molecule has 1 aromatic heterocycles. The van der Waals surface area contributed by atoms with Gasteiger partial charge >= 0.3 is 6.09 Å². The van der Waals surface area contributed by atoms with Crippen molar-refractivity contribution in [3.63, 3.8) is 0 Å². The van der Waals surface area contributed by atoms with E-state index in [1.807, 2.05) is 67.7 Å². The zero-order chi connectivity index (χ0) is 28.8. The summed E-state index contributed by atoms with van der Waals surface area (Å²) in [5, 5.41) is 16.7. The molecular weight excluding hydrogens is 502 g/mol. The van der Waals surface area contributed by atoms with Gasteiger partial charge in [0.25, 0.3) is 5.91 Å². The van der Waals surface area contributed by atoms with Crippen molar-refractivity contribution in [3.8, 4) is 0 Å². The first-order valence-corrected chi connectivity index (χ1v) is 14.8. The molecule has 3 rings (SSSR count). The van der Waals surface area contributed by atoms with Gasteiger partial charge in [-0.3, -0.25) is 4.79 Å². The van der Waals surface area contributed by atoms with Gasteiger partial charge in [-0.15, -0.1) is 0 Å². The number of alkyl carbamates (subject to hydrolysis) is 1. The summed E-state index contributed by atoms with van der Waals surface area (Å²) in [6.07, 6.45) is 10.4. The Labute approximate surface area is 239 Å². The highest BCUT2D eigenvalue weighted by Crippen LogP contribution is 2.26. The number of nitrogens with one attached hydrogen (secondary N) is 3. The number of fused-ring (bicyclic) bond motifs is 1. The fourth-order valence-corrected chi connectivity index (χ4v) is 5.16. The van der Waals surface area contributed by atoms with E-state index in [0.717, 1.165) is 41.3 Å². The third-order valence-corrected chi connectivity index (χ3v) is 7.49. The van der Waals surface area contributed by atoms with Crippen molar-refractivity contribution >= 4 is 22.9 Å².